The fourth-order valence-corrected chi connectivity index (χ4v) is 3.78. The van der Waals surface area contributed by atoms with Crippen molar-refractivity contribution in [3.8, 4) is 0 Å². The highest BCUT2D eigenvalue weighted by Crippen LogP contribution is 2.35. The number of amides is 2. The summed E-state index contributed by atoms with van der Waals surface area (Å²) in [5.74, 6) is -0.228. The molecule has 0 unspecified atom stereocenters. The maximum absolute atomic E-state index is 13.7. The lowest BCUT2D eigenvalue weighted by Gasteiger charge is -2.34. The molecule has 0 aliphatic carbocycles. The van der Waals surface area contributed by atoms with E-state index < -0.39 is 23.5 Å². The fraction of sp³-hybridized carbons (Fsp3) is 0.240. The molecule has 0 saturated carbocycles. The Morgan fingerprint density at radius 2 is 1.71 bits per heavy atom. The van der Waals surface area contributed by atoms with Gasteiger partial charge in [-0.15, -0.1) is 0 Å². The SMILES string of the molecule is C=CC(=O)Nc1cccc(Nc2nc(Nc3ccc(N4CCN(C(C)=O)CC4)nc3)ncc2C(F)(F)F)c1. The molecule has 0 bridgehead atoms. The van der Waals surface area contributed by atoms with Gasteiger partial charge in [-0.3, -0.25) is 9.59 Å². The molecule has 0 spiro atoms. The molecule has 1 aliphatic heterocycles. The summed E-state index contributed by atoms with van der Waals surface area (Å²) in [5.41, 5.74) is 0.0744. The standard InChI is InChI=1S/C25H25F3N8O2/c1-3-22(38)31-17-5-4-6-18(13-17)32-23-20(25(26,27)28)15-30-24(34-23)33-19-7-8-21(29-14-19)36-11-9-35(10-12-36)16(2)37/h3-8,13-15H,1,9-12H2,2H3,(H,31,38)(H2,30,32,33,34). The zero-order valence-electron chi connectivity index (χ0n) is 20.4. The molecule has 13 heteroatoms. The predicted octanol–water partition coefficient (Wildman–Crippen LogP) is 4.17. The van der Waals surface area contributed by atoms with E-state index >= 15 is 0 Å². The van der Waals surface area contributed by atoms with Crippen molar-refractivity contribution in [3.05, 3.63) is 67.0 Å². The Labute approximate surface area is 216 Å². The highest BCUT2D eigenvalue weighted by Gasteiger charge is 2.35. The number of benzene rings is 1. The van der Waals surface area contributed by atoms with E-state index in [0.29, 0.717) is 43.8 Å². The summed E-state index contributed by atoms with van der Waals surface area (Å²) in [4.78, 5) is 39.2. The van der Waals surface area contributed by atoms with Crippen LogP contribution in [0.15, 0.2) is 61.4 Å². The highest BCUT2D eigenvalue weighted by atomic mass is 19.4. The van der Waals surface area contributed by atoms with Crippen LogP contribution in [0.4, 0.5) is 47.8 Å². The summed E-state index contributed by atoms with van der Waals surface area (Å²) >= 11 is 0. The van der Waals surface area contributed by atoms with E-state index in [2.05, 4.69) is 37.5 Å². The van der Waals surface area contributed by atoms with E-state index in [1.807, 2.05) is 4.90 Å². The van der Waals surface area contributed by atoms with Crippen LogP contribution in [0.3, 0.4) is 0 Å². The van der Waals surface area contributed by atoms with Gasteiger partial charge in [-0.05, 0) is 36.4 Å². The van der Waals surface area contributed by atoms with Crippen molar-refractivity contribution in [3.63, 3.8) is 0 Å². The van der Waals surface area contributed by atoms with Crippen LogP contribution in [0.2, 0.25) is 0 Å². The summed E-state index contributed by atoms with van der Waals surface area (Å²) < 4.78 is 41.0. The van der Waals surface area contributed by atoms with Gasteiger partial charge in [0.25, 0.3) is 0 Å². The van der Waals surface area contributed by atoms with Gasteiger partial charge in [-0.25, -0.2) is 9.97 Å². The molecule has 1 saturated heterocycles. The van der Waals surface area contributed by atoms with Crippen molar-refractivity contribution in [2.45, 2.75) is 13.1 Å². The minimum atomic E-state index is -4.70. The average Bonchev–Trinajstić information content (AvgIpc) is 2.89. The van der Waals surface area contributed by atoms with Crippen LogP contribution in [0, 0.1) is 0 Å². The first-order valence-corrected chi connectivity index (χ1v) is 11.6. The minimum absolute atomic E-state index is 0.0368. The number of anilines is 6. The number of carbonyl (C=O) groups is 2. The normalized spacial score (nSPS) is 13.6. The first-order chi connectivity index (χ1) is 18.1. The zero-order chi connectivity index (χ0) is 27.3. The molecule has 3 N–H and O–H groups in total. The Morgan fingerprint density at radius 1 is 0.974 bits per heavy atom. The highest BCUT2D eigenvalue weighted by molar-refractivity contribution is 5.99. The summed E-state index contributed by atoms with van der Waals surface area (Å²) in [5, 5.41) is 8.09. The minimum Gasteiger partial charge on any atom is -0.353 e. The number of rotatable bonds is 7. The molecule has 3 heterocycles. The molecule has 1 aliphatic rings. The predicted molar refractivity (Wildman–Crippen MR) is 138 cm³/mol. The molecule has 4 rings (SSSR count). The molecular weight excluding hydrogens is 501 g/mol. The first kappa shape index (κ1) is 26.4. The van der Waals surface area contributed by atoms with Crippen LogP contribution in [0.25, 0.3) is 0 Å². The number of hydrogen-bond acceptors (Lipinski definition) is 8. The summed E-state index contributed by atoms with van der Waals surface area (Å²) in [6.07, 6.45) is -1.39. The quantitative estimate of drug-likeness (QED) is 0.393. The molecular formula is C25H25F3N8O2. The van der Waals surface area contributed by atoms with Crippen molar-refractivity contribution in [2.24, 2.45) is 0 Å². The third-order valence-corrected chi connectivity index (χ3v) is 5.73. The van der Waals surface area contributed by atoms with Crippen molar-refractivity contribution < 1.29 is 22.8 Å². The van der Waals surface area contributed by atoms with Crippen LogP contribution < -0.4 is 20.9 Å². The van der Waals surface area contributed by atoms with E-state index in [4.69, 9.17) is 0 Å². The van der Waals surface area contributed by atoms with Gasteiger partial charge < -0.3 is 25.8 Å². The van der Waals surface area contributed by atoms with Crippen molar-refractivity contribution >= 4 is 46.5 Å². The Hall–Kier alpha value is -4.68. The topological polar surface area (TPSA) is 115 Å². The maximum Gasteiger partial charge on any atom is 0.421 e. The van der Waals surface area contributed by atoms with E-state index in [0.717, 1.165) is 11.9 Å². The van der Waals surface area contributed by atoms with E-state index in [1.54, 1.807) is 36.1 Å². The zero-order valence-corrected chi connectivity index (χ0v) is 20.4. The lowest BCUT2D eigenvalue weighted by molar-refractivity contribution is -0.137. The molecule has 0 atom stereocenters. The third kappa shape index (κ3) is 6.55. The van der Waals surface area contributed by atoms with Gasteiger partial charge in [0.15, 0.2) is 0 Å². The van der Waals surface area contributed by atoms with Crippen molar-refractivity contribution in [1.29, 1.82) is 0 Å². The Balaban J connectivity index is 1.50. The largest absolute Gasteiger partial charge is 0.421 e. The second-order valence-corrected chi connectivity index (χ2v) is 8.38. The van der Waals surface area contributed by atoms with Gasteiger partial charge in [0.1, 0.15) is 17.2 Å². The Bertz CT molecular complexity index is 1320. The smallest absolute Gasteiger partial charge is 0.353 e. The number of piperazine rings is 1. The van der Waals surface area contributed by atoms with Crippen molar-refractivity contribution in [1.82, 2.24) is 19.9 Å². The van der Waals surface area contributed by atoms with Crippen LogP contribution in [0.5, 0.6) is 0 Å². The van der Waals surface area contributed by atoms with Crippen molar-refractivity contribution in [2.75, 3.05) is 47.0 Å². The molecule has 38 heavy (non-hydrogen) atoms. The van der Waals surface area contributed by atoms with E-state index in [9.17, 15) is 22.8 Å². The number of halogens is 3. The molecule has 1 fully saturated rings. The number of pyridine rings is 1. The lowest BCUT2D eigenvalue weighted by atomic mass is 10.2. The summed E-state index contributed by atoms with van der Waals surface area (Å²) in [6.45, 7) is 7.42. The molecule has 0 radical (unpaired) electrons. The van der Waals surface area contributed by atoms with Crippen LogP contribution in [-0.4, -0.2) is 57.8 Å². The molecule has 2 amide bonds. The summed E-state index contributed by atoms with van der Waals surface area (Å²) in [6, 6.07) is 9.66. The van der Waals surface area contributed by atoms with Crippen LogP contribution in [-0.2, 0) is 15.8 Å². The number of hydrogen-bond donors (Lipinski definition) is 3. The first-order valence-electron chi connectivity index (χ1n) is 11.6. The Kier molecular flexibility index (Phi) is 7.74. The number of aromatic nitrogens is 3. The third-order valence-electron chi connectivity index (χ3n) is 5.73. The van der Waals surface area contributed by atoms with Gasteiger partial charge >= 0.3 is 6.18 Å². The monoisotopic (exact) mass is 526 g/mol. The fourth-order valence-electron chi connectivity index (χ4n) is 3.78. The molecule has 10 nitrogen and oxygen atoms in total. The number of alkyl halides is 3. The second-order valence-electron chi connectivity index (χ2n) is 8.38. The molecule has 1 aromatic carbocycles. The van der Waals surface area contributed by atoms with Gasteiger partial charge in [-0.1, -0.05) is 12.6 Å². The number of nitrogens with zero attached hydrogens (tertiary/aromatic N) is 5. The van der Waals surface area contributed by atoms with Gasteiger partial charge in [0.05, 0.1) is 11.9 Å². The maximum atomic E-state index is 13.7. The van der Waals surface area contributed by atoms with Gasteiger partial charge in [0, 0.05) is 50.7 Å². The molecule has 2 aromatic heterocycles. The molecule has 198 valence electrons. The second kappa shape index (κ2) is 11.2. The van der Waals surface area contributed by atoms with Gasteiger partial charge in [-0.2, -0.15) is 18.2 Å². The van der Waals surface area contributed by atoms with E-state index in [1.165, 1.54) is 18.3 Å². The lowest BCUT2D eigenvalue weighted by Crippen LogP contribution is -2.48. The Morgan fingerprint density at radius 3 is 2.34 bits per heavy atom. The van der Waals surface area contributed by atoms with Crippen LogP contribution >= 0.6 is 0 Å². The van der Waals surface area contributed by atoms with Gasteiger partial charge in [0.2, 0.25) is 17.8 Å². The average molecular weight is 527 g/mol. The van der Waals surface area contributed by atoms with Crippen LogP contribution in [0.1, 0.15) is 12.5 Å². The van der Waals surface area contributed by atoms with E-state index in [-0.39, 0.29) is 17.5 Å². The number of nitrogens with one attached hydrogen (secondary N) is 3. The summed E-state index contributed by atoms with van der Waals surface area (Å²) in [7, 11) is 0. The number of carbonyl (C=O) groups excluding carboxylic acids is 2. The molecule has 3 aromatic rings.